The van der Waals surface area contributed by atoms with Gasteiger partial charge in [0.1, 0.15) is 23.9 Å². The number of allylic oxidation sites excluding steroid dienone is 1. The summed E-state index contributed by atoms with van der Waals surface area (Å²) >= 11 is 1.24. The van der Waals surface area contributed by atoms with Crippen molar-refractivity contribution in [3.63, 3.8) is 0 Å². The van der Waals surface area contributed by atoms with Crippen LogP contribution < -0.4 is 29.7 Å². The molecule has 48 heavy (non-hydrogen) atoms. The molecule has 0 saturated heterocycles. The number of aromatic nitrogens is 1. The van der Waals surface area contributed by atoms with Crippen LogP contribution >= 0.6 is 11.3 Å². The second-order valence-electron chi connectivity index (χ2n) is 11.3. The molecule has 1 N–H and O–H groups in total. The first kappa shape index (κ1) is 30.8. The SMILES string of the molecule is COc1cccc([C@@H]2C(C(=O)Nc3ccccc3)=C(C)N=c3s/c(=C/c4c(OCc5ccccc5F)ccc5ccccc45)c(=O)n32)c1. The molecule has 2 heterocycles. The van der Waals surface area contributed by atoms with Gasteiger partial charge in [0.2, 0.25) is 0 Å². The molecular weight excluding hydrogens is 626 g/mol. The molecule has 9 heteroatoms. The Bertz CT molecular complexity index is 2400. The lowest BCUT2D eigenvalue weighted by Crippen LogP contribution is -2.40. The van der Waals surface area contributed by atoms with Crippen LogP contribution in [0.5, 0.6) is 11.5 Å². The van der Waals surface area contributed by atoms with Crippen molar-refractivity contribution in [1.82, 2.24) is 4.57 Å². The fraction of sp³-hybridized carbons (Fsp3) is 0.103. The average molecular weight is 656 g/mol. The van der Waals surface area contributed by atoms with Crippen molar-refractivity contribution in [3.05, 3.63) is 169 Å². The van der Waals surface area contributed by atoms with Crippen LogP contribution in [0.25, 0.3) is 16.8 Å². The van der Waals surface area contributed by atoms with E-state index in [1.807, 2.05) is 78.9 Å². The Kier molecular flexibility index (Phi) is 8.44. The number of fused-ring (bicyclic) bond motifs is 2. The number of thiazole rings is 1. The van der Waals surface area contributed by atoms with E-state index in [1.54, 1.807) is 55.0 Å². The van der Waals surface area contributed by atoms with Gasteiger partial charge in [-0.3, -0.25) is 14.2 Å². The summed E-state index contributed by atoms with van der Waals surface area (Å²) in [6.45, 7) is 1.80. The van der Waals surface area contributed by atoms with Gasteiger partial charge in [-0.05, 0) is 65.7 Å². The van der Waals surface area contributed by atoms with E-state index < -0.39 is 6.04 Å². The molecule has 0 unspecified atom stereocenters. The fourth-order valence-corrected chi connectivity index (χ4v) is 6.94. The molecule has 1 amide bonds. The van der Waals surface area contributed by atoms with Gasteiger partial charge in [-0.1, -0.05) is 90.2 Å². The zero-order chi connectivity index (χ0) is 33.2. The van der Waals surface area contributed by atoms with Crippen LogP contribution in [0.2, 0.25) is 0 Å². The molecular formula is C39H30FN3O4S. The first-order chi connectivity index (χ1) is 23.4. The molecule has 0 radical (unpaired) electrons. The Balaban J connectivity index is 1.38. The van der Waals surface area contributed by atoms with Gasteiger partial charge < -0.3 is 14.8 Å². The van der Waals surface area contributed by atoms with Crippen molar-refractivity contribution < 1.29 is 18.7 Å². The molecule has 0 aliphatic carbocycles. The zero-order valence-electron chi connectivity index (χ0n) is 26.1. The van der Waals surface area contributed by atoms with Crippen LogP contribution in [0.4, 0.5) is 10.1 Å². The predicted octanol–water partition coefficient (Wildman–Crippen LogP) is 6.75. The number of hydrogen-bond acceptors (Lipinski definition) is 6. The van der Waals surface area contributed by atoms with E-state index in [9.17, 15) is 14.0 Å². The standard InChI is InChI=1S/C39H30FN3O4S/c1-24-35(37(44)42-28-14-4-3-5-15-28)36(26-13-10-16-29(21-26)46-2)43-38(45)34(48-39(43)41-24)22-31-30-17-8-6-11-25(30)19-20-33(31)47-23-27-12-7-9-18-32(27)40/h3-22,36H,23H2,1-2H3,(H,42,44)/b34-22+/t36-/m1/s1. The van der Waals surface area contributed by atoms with E-state index in [4.69, 9.17) is 14.5 Å². The largest absolute Gasteiger partial charge is 0.497 e. The quantitative estimate of drug-likeness (QED) is 0.197. The Morgan fingerprint density at radius 1 is 0.958 bits per heavy atom. The molecule has 7 nitrogen and oxygen atoms in total. The Hall–Kier alpha value is -5.80. The van der Waals surface area contributed by atoms with E-state index in [1.165, 1.54) is 17.4 Å². The minimum atomic E-state index is -0.772. The number of methoxy groups -OCH3 is 1. The Labute approximate surface area is 279 Å². The average Bonchev–Trinajstić information content (AvgIpc) is 3.41. The second-order valence-corrected chi connectivity index (χ2v) is 12.3. The van der Waals surface area contributed by atoms with E-state index in [-0.39, 0.29) is 23.9 Å². The maximum atomic E-state index is 14.5. The summed E-state index contributed by atoms with van der Waals surface area (Å²) in [4.78, 5) is 33.6. The summed E-state index contributed by atoms with van der Waals surface area (Å²) in [6, 6.07) is 33.8. The molecule has 6 aromatic rings. The number of nitrogens with zero attached hydrogens (tertiary/aromatic N) is 2. The maximum Gasteiger partial charge on any atom is 0.271 e. The molecule has 238 valence electrons. The lowest BCUT2D eigenvalue weighted by atomic mass is 9.95. The molecule has 1 aromatic heterocycles. The number of halogens is 1. The minimum Gasteiger partial charge on any atom is -0.497 e. The number of ether oxygens (including phenoxy) is 2. The Morgan fingerprint density at radius 3 is 2.54 bits per heavy atom. The van der Waals surface area contributed by atoms with Crippen LogP contribution in [-0.2, 0) is 11.4 Å². The zero-order valence-corrected chi connectivity index (χ0v) is 27.0. The number of amides is 1. The van der Waals surface area contributed by atoms with Crippen LogP contribution in [0.1, 0.15) is 29.7 Å². The number of anilines is 1. The van der Waals surface area contributed by atoms with Gasteiger partial charge in [0, 0.05) is 16.8 Å². The van der Waals surface area contributed by atoms with Crippen molar-refractivity contribution in [1.29, 1.82) is 0 Å². The molecule has 5 aromatic carbocycles. The van der Waals surface area contributed by atoms with Gasteiger partial charge in [-0.25, -0.2) is 9.38 Å². The predicted molar refractivity (Wildman–Crippen MR) is 187 cm³/mol. The summed E-state index contributed by atoms with van der Waals surface area (Å²) in [7, 11) is 1.57. The van der Waals surface area contributed by atoms with Crippen LogP contribution in [0.3, 0.4) is 0 Å². The second kappa shape index (κ2) is 13.1. The summed E-state index contributed by atoms with van der Waals surface area (Å²) in [6.07, 6.45) is 1.80. The van der Waals surface area contributed by atoms with Gasteiger partial charge in [0.25, 0.3) is 11.5 Å². The number of para-hydroxylation sites is 1. The molecule has 7 rings (SSSR count). The topological polar surface area (TPSA) is 81.9 Å². The van der Waals surface area contributed by atoms with E-state index in [2.05, 4.69) is 5.32 Å². The third-order valence-corrected chi connectivity index (χ3v) is 9.24. The van der Waals surface area contributed by atoms with Gasteiger partial charge in [-0.15, -0.1) is 0 Å². The van der Waals surface area contributed by atoms with E-state index >= 15 is 0 Å². The first-order valence-corrected chi connectivity index (χ1v) is 16.1. The van der Waals surface area contributed by atoms with Crippen molar-refractivity contribution in [2.24, 2.45) is 4.99 Å². The van der Waals surface area contributed by atoms with Crippen molar-refractivity contribution >= 4 is 39.8 Å². The highest BCUT2D eigenvalue weighted by atomic mass is 32.1. The summed E-state index contributed by atoms with van der Waals surface area (Å²) in [5, 5.41) is 4.81. The monoisotopic (exact) mass is 655 g/mol. The first-order valence-electron chi connectivity index (χ1n) is 15.3. The number of rotatable bonds is 8. The smallest absolute Gasteiger partial charge is 0.271 e. The highest BCUT2D eigenvalue weighted by Gasteiger charge is 2.33. The van der Waals surface area contributed by atoms with Gasteiger partial charge in [0.15, 0.2) is 4.80 Å². The third-order valence-electron chi connectivity index (χ3n) is 8.25. The number of benzene rings is 5. The van der Waals surface area contributed by atoms with E-state index in [0.29, 0.717) is 54.5 Å². The molecule has 0 fully saturated rings. The number of hydrogen-bond donors (Lipinski definition) is 1. The fourth-order valence-electron chi connectivity index (χ4n) is 5.91. The number of carbonyl (C=O) groups is 1. The summed E-state index contributed by atoms with van der Waals surface area (Å²) in [5.41, 5.74) is 2.99. The molecule has 1 atom stereocenters. The number of nitrogens with one attached hydrogen (secondary N) is 1. The minimum absolute atomic E-state index is 0.0159. The third kappa shape index (κ3) is 5.91. The lowest BCUT2D eigenvalue weighted by Gasteiger charge is -2.25. The highest BCUT2D eigenvalue weighted by molar-refractivity contribution is 7.07. The summed E-state index contributed by atoms with van der Waals surface area (Å²) in [5.74, 6) is 0.390. The molecule has 1 aliphatic rings. The van der Waals surface area contributed by atoms with Gasteiger partial charge >= 0.3 is 0 Å². The van der Waals surface area contributed by atoms with Crippen molar-refractivity contribution in [3.8, 4) is 11.5 Å². The van der Waals surface area contributed by atoms with E-state index in [0.717, 1.165) is 10.8 Å². The van der Waals surface area contributed by atoms with Crippen molar-refractivity contribution in [2.45, 2.75) is 19.6 Å². The normalized spacial score (nSPS) is 14.4. The molecule has 0 bridgehead atoms. The maximum absolute atomic E-state index is 14.5. The van der Waals surface area contributed by atoms with Gasteiger partial charge in [0.05, 0.1) is 29.0 Å². The van der Waals surface area contributed by atoms with Crippen LogP contribution in [0.15, 0.2) is 136 Å². The number of carbonyl (C=O) groups excluding carboxylic acids is 1. The molecule has 1 aliphatic heterocycles. The van der Waals surface area contributed by atoms with Crippen LogP contribution in [-0.4, -0.2) is 17.6 Å². The molecule has 0 spiro atoms. The van der Waals surface area contributed by atoms with Gasteiger partial charge in [-0.2, -0.15) is 0 Å². The summed E-state index contributed by atoms with van der Waals surface area (Å²) < 4.78 is 28.1. The highest BCUT2D eigenvalue weighted by Crippen LogP contribution is 2.33. The Morgan fingerprint density at radius 2 is 1.73 bits per heavy atom. The van der Waals surface area contributed by atoms with Crippen molar-refractivity contribution in [2.75, 3.05) is 12.4 Å². The molecule has 0 saturated carbocycles. The van der Waals surface area contributed by atoms with Crippen LogP contribution in [0, 0.1) is 5.82 Å². The lowest BCUT2D eigenvalue weighted by molar-refractivity contribution is -0.113.